The van der Waals surface area contributed by atoms with Crippen molar-refractivity contribution in [2.75, 3.05) is 0 Å². The summed E-state index contributed by atoms with van der Waals surface area (Å²) in [5.74, 6) is 1.04. The maximum atomic E-state index is 12.2. The standard InChI is InChI=1S/C16H15N3O3S/c1-10-14(11(2)22-19-10)15(20)18-9-12-3-5-13(6-4-12)21-16-17-7-8-23-16/h3-8H,9H2,1-2H3,(H,18,20). The van der Waals surface area contributed by atoms with Crippen molar-refractivity contribution in [3.63, 3.8) is 0 Å². The van der Waals surface area contributed by atoms with Gasteiger partial charge in [0.1, 0.15) is 17.1 Å². The summed E-state index contributed by atoms with van der Waals surface area (Å²) < 4.78 is 10.6. The number of carbonyl (C=O) groups is 1. The number of amides is 1. The van der Waals surface area contributed by atoms with Crippen LogP contribution in [0.2, 0.25) is 0 Å². The van der Waals surface area contributed by atoms with Crippen LogP contribution in [0.25, 0.3) is 0 Å². The molecule has 1 amide bonds. The second-order valence-electron chi connectivity index (χ2n) is 4.93. The average molecular weight is 329 g/mol. The molecular formula is C16H15N3O3S. The average Bonchev–Trinajstić information content (AvgIpc) is 3.16. The van der Waals surface area contributed by atoms with Gasteiger partial charge in [-0.05, 0) is 31.5 Å². The molecule has 1 N–H and O–H groups in total. The molecule has 0 unspecified atom stereocenters. The van der Waals surface area contributed by atoms with Crippen molar-refractivity contribution in [1.29, 1.82) is 0 Å². The zero-order valence-electron chi connectivity index (χ0n) is 12.7. The van der Waals surface area contributed by atoms with Crippen LogP contribution in [-0.4, -0.2) is 16.0 Å². The van der Waals surface area contributed by atoms with Gasteiger partial charge in [-0.3, -0.25) is 4.79 Å². The monoisotopic (exact) mass is 329 g/mol. The Morgan fingerprint density at radius 2 is 2.09 bits per heavy atom. The molecule has 118 valence electrons. The molecule has 0 bridgehead atoms. The fraction of sp³-hybridized carbons (Fsp3) is 0.188. The van der Waals surface area contributed by atoms with Crippen LogP contribution in [-0.2, 0) is 6.54 Å². The molecule has 0 atom stereocenters. The molecule has 0 aliphatic carbocycles. The van der Waals surface area contributed by atoms with Crippen LogP contribution in [0.3, 0.4) is 0 Å². The van der Waals surface area contributed by atoms with Crippen LogP contribution >= 0.6 is 11.3 Å². The second kappa shape index (κ2) is 6.62. The topological polar surface area (TPSA) is 77.2 Å². The van der Waals surface area contributed by atoms with Crippen LogP contribution in [0, 0.1) is 13.8 Å². The van der Waals surface area contributed by atoms with E-state index in [-0.39, 0.29) is 5.91 Å². The SMILES string of the molecule is Cc1noc(C)c1C(=O)NCc1ccc(Oc2nccs2)cc1. The number of aryl methyl sites for hydroxylation is 2. The second-order valence-corrected chi connectivity index (χ2v) is 5.78. The third-order valence-electron chi connectivity index (χ3n) is 3.25. The smallest absolute Gasteiger partial charge is 0.278 e. The lowest BCUT2D eigenvalue weighted by Gasteiger charge is -2.06. The van der Waals surface area contributed by atoms with Gasteiger partial charge in [0.25, 0.3) is 11.1 Å². The van der Waals surface area contributed by atoms with Gasteiger partial charge in [-0.25, -0.2) is 4.98 Å². The van der Waals surface area contributed by atoms with Crippen LogP contribution < -0.4 is 10.1 Å². The molecule has 1 aromatic carbocycles. The minimum absolute atomic E-state index is 0.190. The Bertz CT molecular complexity index is 775. The molecular weight excluding hydrogens is 314 g/mol. The van der Waals surface area contributed by atoms with E-state index >= 15 is 0 Å². The van der Waals surface area contributed by atoms with Crippen molar-refractivity contribution in [2.45, 2.75) is 20.4 Å². The van der Waals surface area contributed by atoms with Crippen molar-refractivity contribution < 1.29 is 14.1 Å². The molecule has 2 heterocycles. The Morgan fingerprint density at radius 3 is 2.70 bits per heavy atom. The third kappa shape index (κ3) is 3.57. The number of nitrogens with one attached hydrogen (secondary N) is 1. The first-order chi connectivity index (χ1) is 11.1. The lowest BCUT2D eigenvalue weighted by atomic mass is 10.1. The van der Waals surface area contributed by atoms with Crippen molar-refractivity contribution in [3.8, 4) is 10.9 Å². The summed E-state index contributed by atoms with van der Waals surface area (Å²) in [6.07, 6.45) is 1.69. The predicted octanol–water partition coefficient (Wildman–Crippen LogP) is 3.47. The minimum atomic E-state index is -0.190. The highest BCUT2D eigenvalue weighted by atomic mass is 32.1. The fourth-order valence-corrected chi connectivity index (χ4v) is 2.62. The summed E-state index contributed by atoms with van der Waals surface area (Å²) in [5.41, 5.74) is 2.05. The summed E-state index contributed by atoms with van der Waals surface area (Å²) in [7, 11) is 0. The van der Waals surface area contributed by atoms with Crippen molar-refractivity contribution in [2.24, 2.45) is 0 Å². The van der Waals surface area contributed by atoms with E-state index < -0.39 is 0 Å². The van der Waals surface area contributed by atoms with E-state index in [0.717, 1.165) is 5.56 Å². The van der Waals surface area contributed by atoms with Gasteiger partial charge >= 0.3 is 0 Å². The lowest BCUT2D eigenvalue weighted by molar-refractivity contribution is 0.0949. The zero-order chi connectivity index (χ0) is 16.2. The number of carbonyl (C=O) groups excluding carboxylic acids is 1. The Kier molecular flexibility index (Phi) is 4.38. The summed E-state index contributed by atoms with van der Waals surface area (Å²) in [6, 6.07) is 7.49. The van der Waals surface area contributed by atoms with Gasteiger partial charge < -0.3 is 14.6 Å². The maximum absolute atomic E-state index is 12.2. The van der Waals surface area contributed by atoms with E-state index in [9.17, 15) is 4.79 Å². The molecule has 0 saturated heterocycles. The number of aromatic nitrogens is 2. The first-order valence-corrected chi connectivity index (χ1v) is 7.89. The Balaban J connectivity index is 1.59. The highest BCUT2D eigenvalue weighted by Gasteiger charge is 2.16. The van der Waals surface area contributed by atoms with Crippen molar-refractivity contribution in [3.05, 3.63) is 58.4 Å². The van der Waals surface area contributed by atoms with Gasteiger partial charge in [0, 0.05) is 18.1 Å². The summed E-state index contributed by atoms with van der Waals surface area (Å²) in [6.45, 7) is 3.89. The van der Waals surface area contributed by atoms with Gasteiger partial charge in [0.2, 0.25) is 0 Å². The molecule has 6 nitrogen and oxygen atoms in total. The van der Waals surface area contributed by atoms with Crippen LogP contribution in [0.4, 0.5) is 0 Å². The molecule has 0 aliphatic heterocycles. The summed E-state index contributed by atoms with van der Waals surface area (Å²) in [4.78, 5) is 16.2. The van der Waals surface area contributed by atoms with Gasteiger partial charge in [0.05, 0.1) is 5.69 Å². The van der Waals surface area contributed by atoms with Gasteiger partial charge in [-0.15, -0.1) is 0 Å². The predicted molar refractivity (Wildman–Crippen MR) is 85.8 cm³/mol. The first kappa shape index (κ1) is 15.2. The molecule has 3 aromatic rings. The van der Waals surface area contributed by atoms with E-state index in [0.29, 0.717) is 34.5 Å². The minimum Gasteiger partial charge on any atom is -0.431 e. The highest BCUT2D eigenvalue weighted by molar-refractivity contribution is 7.11. The van der Waals surface area contributed by atoms with E-state index in [1.54, 1.807) is 20.0 Å². The molecule has 7 heteroatoms. The number of thiazole rings is 1. The number of hydrogen-bond donors (Lipinski definition) is 1. The third-order valence-corrected chi connectivity index (χ3v) is 3.90. The number of nitrogens with zero attached hydrogens (tertiary/aromatic N) is 2. The highest BCUT2D eigenvalue weighted by Crippen LogP contribution is 2.23. The van der Waals surface area contributed by atoms with Crippen molar-refractivity contribution >= 4 is 17.2 Å². The lowest BCUT2D eigenvalue weighted by Crippen LogP contribution is -2.23. The van der Waals surface area contributed by atoms with Crippen LogP contribution in [0.1, 0.15) is 27.4 Å². The van der Waals surface area contributed by atoms with Gasteiger partial charge in [-0.1, -0.05) is 28.6 Å². The van der Waals surface area contributed by atoms with Gasteiger partial charge in [-0.2, -0.15) is 0 Å². The Labute approximate surface area is 137 Å². The molecule has 0 aliphatic rings. The fourth-order valence-electron chi connectivity index (χ4n) is 2.11. The number of hydrogen-bond acceptors (Lipinski definition) is 6. The molecule has 0 radical (unpaired) electrons. The summed E-state index contributed by atoms with van der Waals surface area (Å²) in [5, 5.41) is 9.10. The molecule has 2 aromatic heterocycles. The molecule has 0 saturated carbocycles. The molecule has 3 rings (SSSR count). The van der Waals surface area contributed by atoms with E-state index in [1.165, 1.54) is 11.3 Å². The largest absolute Gasteiger partial charge is 0.431 e. The summed E-state index contributed by atoms with van der Waals surface area (Å²) >= 11 is 1.43. The van der Waals surface area contributed by atoms with E-state index in [1.807, 2.05) is 29.6 Å². The van der Waals surface area contributed by atoms with E-state index in [2.05, 4.69) is 15.5 Å². The molecule has 0 fully saturated rings. The number of benzene rings is 1. The molecule has 23 heavy (non-hydrogen) atoms. The van der Waals surface area contributed by atoms with Gasteiger partial charge in [0.15, 0.2) is 0 Å². The normalized spacial score (nSPS) is 10.5. The van der Waals surface area contributed by atoms with Crippen LogP contribution in [0.5, 0.6) is 10.9 Å². The Hall–Kier alpha value is -2.67. The first-order valence-electron chi connectivity index (χ1n) is 7.01. The van der Waals surface area contributed by atoms with E-state index in [4.69, 9.17) is 9.26 Å². The quantitative estimate of drug-likeness (QED) is 0.775. The molecule has 0 spiro atoms. The maximum Gasteiger partial charge on any atom is 0.278 e. The van der Waals surface area contributed by atoms with Crippen molar-refractivity contribution in [1.82, 2.24) is 15.5 Å². The zero-order valence-corrected chi connectivity index (χ0v) is 13.5. The number of ether oxygens (including phenoxy) is 1. The van der Waals surface area contributed by atoms with Crippen LogP contribution in [0.15, 0.2) is 40.4 Å². The Morgan fingerprint density at radius 1 is 1.30 bits per heavy atom. The number of rotatable bonds is 5.